The third kappa shape index (κ3) is 1.69. The van der Waals surface area contributed by atoms with Crippen molar-refractivity contribution in [2.45, 2.75) is 13.8 Å². The quantitative estimate of drug-likeness (QED) is 0.800. The molecule has 0 saturated heterocycles. The summed E-state index contributed by atoms with van der Waals surface area (Å²) in [5.41, 5.74) is 8.92. The highest BCUT2D eigenvalue weighted by Gasteiger charge is 2.09. The van der Waals surface area contributed by atoms with E-state index >= 15 is 0 Å². The monoisotopic (exact) mass is 215 g/mol. The van der Waals surface area contributed by atoms with E-state index in [-0.39, 0.29) is 0 Å². The fourth-order valence-electron chi connectivity index (χ4n) is 2.00. The van der Waals surface area contributed by atoms with Crippen molar-refractivity contribution < 1.29 is 0 Å². The van der Waals surface area contributed by atoms with Gasteiger partial charge in [0.05, 0.1) is 16.9 Å². The number of fused-ring (bicyclic) bond motifs is 1. The Bertz CT molecular complexity index is 490. The lowest BCUT2D eigenvalue weighted by atomic mass is 10.1. The molecule has 0 atom stereocenters. The van der Waals surface area contributed by atoms with Crippen LogP contribution >= 0.6 is 0 Å². The fraction of sp³-hybridized carbons (Fsp3) is 0.308. The van der Waals surface area contributed by atoms with Gasteiger partial charge in [0, 0.05) is 24.7 Å². The molecule has 1 aromatic carbocycles. The molecule has 0 amide bonds. The Morgan fingerprint density at radius 2 is 1.94 bits per heavy atom. The first-order valence-electron chi connectivity index (χ1n) is 5.66. The number of rotatable bonds is 3. The molecule has 0 bridgehead atoms. The average Bonchev–Trinajstić information content (AvgIpc) is 2.34. The molecule has 3 nitrogen and oxygen atoms in total. The Morgan fingerprint density at radius 3 is 2.62 bits per heavy atom. The summed E-state index contributed by atoms with van der Waals surface area (Å²) in [6, 6.07) is 8.11. The van der Waals surface area contributed by atoms with Crippen LogP contribution in [0.4, 0.5) is 11.4 Å². The maximum absolute atomic E-state index is 6.17. The Hall–Kier alpha value is -1.77. The Morgan fingerprint density at radius 1 is 1.19 bits per heavy atom. The number of nitrogen functional groups attached to an aromatic ring is 1. The molecular formula is C13H17N3. The summed E-state index contributed by atoms with van der Waals surface area (Å²) in [7, 11) is 0. The highest BCUT2D eigenvalue weighted by molar-refractivity contribution is 5.96. The van der Waals surface area contributed by atoms with Crippen LogP contribution in [0.2, 0.25) is 0 Å². The first-order valence-corrected chi connectivity index (χ1v) is 5.66. The molecule has 1 aromatic heterocycles. The zero-order chi connectivity index (χ0) is 11.5. The molecule has 2 aromatic rings. The van der Waals surface area contributed by atoms with Crippen LogP contribution in [0.5, 0.6) is 0 Å². The van der Waals surface area contributed by atoms with Gasteiger partial charge in [0.15, 0.2) is 0 Å². The fourth-order valence-corrected chi connectivity index (χ4v) is 2.00. The summed E-state index contributed by atoms with van der Waals surface area (Å²) in [6.45, 7) is 6.18. The summed E-state index contributed by atoms with van der Waals surface area (Å²) in [5.74, 6) is 0. The average molecular weight is 215 g/mol. The number of hydrogen-bond acceptors (Lipinski definition) is 3. The minimum atomic E-state index is 0.779. The van der Waals surface area contributed by atoms with Crippen LogP contribution in [0, 0.1) is 0 Å². The van der Waals surface area contributed by atoms with E-state index in [4.69, 9.17) is 5.73 Å². The second-order valence-corrected chi connectivity index (χ2v) is 3.75. The molecule has 0 radical (unpaired) electrons. The van der Waals surface area contributed by atoms with Gasteiger partial charge in [-0.1, -0.05) is 12.1 Å². The maximum Gasteiger partial charge on any atom is 0.0952 e. The van der Waals surface area contributed by atoms with Crippen molar-refractivity contribution in [3.63, 3.8) is 0 Å². The lowest BCUT2D eigenvalue weighted by Gasteiger charge is -2.23. The number of benzene rings is 1. The van der Waals surface area contributed by atoms with Gasteiger partial charge in [-0.15, -0.1) is 0 Å². The molecule has 1 heterocycles. The van der Waals surface area contributed by atoms with Crippen molar-refractivity contribution >= 4 is 22.3 Å². The largest absolute Gasteiger partial charge is 0.395 e. The Kier molecular flexibility index (Phi) is 2.95. The highest BCUT2D eigenvalue weighted by Crippen LogP contribution is 2.29. The first-order chi connectivity index (χ1) is 7.77. The van der Waals surface area contributed by atoms with E-state index in [0.29, 0.717) is 0 Å². The molecule has 84 valence electrons. The standard InChI is InChI=1S/C13H17N3/c1-3-16(4-2)11-8-7-10-6-5-9-15-13(10)12(11)14/h5-9H,3-4,14H2,1-2H3. The molecular weight excluding hydrogens is 198 g/mol. The molecule has 3 heteroatoms. The number of nitrogens with zero attached hydrogens (tertiary/aromatic N) is 2. The minimum absolute atomic E-state index is 0.779. The van der Waals surface area contributed by atoms with E-state index in [1.54, 1.807) is 6.20 Å². The summed E-state index contributed by atoms with van der Waals surface area (Å²) in [5, 5.41) is 1.09. The predicted molar refractivity (Wildman–Crippen MR) is 69.7 cm³/mol. The Balaban J connectivity index is 2.60. The molecule has 16 heavy (non-hydrogen) atoms. The van der Waals surface area contributed by atoms with E-state index in [0.717, 1.165) is 35.4 Å². The van der Waals surface area contributed by atoms with Gasteiger partial charge in [0.25, 0.3) is 0 Å². The SMILES string of the molecule is CCN(CC)c1ccc2cccnc2c1N. The molecule has 0 fully saturated rings. The molecule has 0 spiro atoms. The molecule has 0 unspecified atom stereocenters. The van der Waals surface area contributed by atoms with Crippen molar-refractivity contribution in [3.05, 3.63) is 30.5 Å². The third-order valence-corrected chi connectivity index (χ3v) is 2.89. The van der Waals surface area contributed by atoms with Crippen LogP contribution < -0.4 is 10.6 Å². The van der Waals surface area contributed by atoms with Crippen LogP contribution in [-0.4, -0.2) is 18.1 Å². The van der Waals surface area contributed by atoms with Gasteiger partial charge in [-0.25, -0.2) is 0 Å². The van der Waals surface area contributed by atoms with E-state index in [9.17, 15) is 0 Å². The number of aromatic nitrogens is 1. The number of nitrogens with two attached hydrogens (primary N) is 1. The number of pyridine rings is 1. The highest BCUT2D eigenvalue weighted by atomic mass is 15.1. The molecule has 0 aliphatic carbocycles. The zero-order valence-electron chi connectivity index (χ0n) is 9.77. The van der Waals surface area contributed by atoms with Gasteiger partial charge >= 0.3 is 0 Å². The summed E-state index contributed by atoms with van der Waals surface area (Å²) >= 11 is 0. The second-order valence-electron chi connectivity index (χ2n) is 3.75. The van der Waals surface area contributed by atoms with Gasteiger partial charge < -0.3 is 10.6 Å². The third-order valence-electron chi connectivity index (χ3n) is 2.89. The van der Waals surface area contributed by atoms with E-state index in [1.807, 2.05) is 12.1 Å². The van der Waals surface area contributed by atoms with Gasteiger partial charge in [0.1, 0.15) is 0 Å². The lowest BCUT2D eigenvalue weighted by molar-refractivity contribution is 0.868. The van der Waals surface area contributed by atoms with E-state index in [1.165, 1.54) is 0 Å². The van der Waals surface area contributed by atoms with Crippen LogP contribution in [-0.2, 0) is 0 Å². The summed E-state index contributed by atoms with van der Waals surface area (Å²) < 4.78 is 0. The molecule has 2 rings (SSSR count). The topological polar surface area (TPSA) is 42.2 Å². The van der Waals surface area contributed by atoms with Crippen molar-refractivity contribution in [1.82, 2.24) is 4.98 Å². The van der Waals surface area contributed by atoms with Gasteiger partial charge in [-0.05, 0) is 26.0 Å². The number of anilines is 2. The molecule has 0 aliphatic rings. The summed E-state index contributed by atoms with van der Waals surface area (Å²) in [6.07, 6.45) is 1.78. The van der Waals surface area contributed by atoms with E-state index < -0.39 is 0 Å². The van der Waals surface area contributed by atoms with Crippen LogP contribution in [0.15, 0.2) is 30.5 Å². The first kappa shape index (κ1) is 10.7. The van der Waals surface area contributed by atoms with Gasteiger partial charge in [-0.2, -0.15) is 0 Å². The minimum Gasteiger partial charge on any atom is -0.395 e. The molecule has 0 aliphatic heterocycles. The van der Waals surface area contributed by atoms with Gasteiger partial charge in [-0.3, -0.25) is 4.98 Å². The number of hydrogen-bond donors (Lipinski definition) is 1. The van der Waals surface area contributed by atoms with Crippen molar-refractivity contribution in [2.24, 2.45) is 0 Å². The summed E-state index contributed by atoms with van der Waals surface area (Å²) in [4.78, 5) is 6.58. The van der Waals surface area contributed by atoms with E-state index in [2.05, 4.69) is 35.9 Å². The maximum atomic E-state index is 6.17. The van der Waals surface area contributed by atoms with Crippen LogP contribution in [0.3, 0.4) is 0 Å². The van der Waals surface area contributed by atoms with Crippen LogP contribution in [0.25, 0.3) is 10.9 Å². The smallest absolute Gasteiger partial charge is 0.0952 e. The normalized spacial score (nSPS) is 10.6. The lowest BCUT2D eigenvalue weighted by Crippen LogP contribution is -2.23. The Labute approximate surface area is 95.9 Å². The van der Waals surface area contributed by atoms with Crippen molar-refractivity contribution in [3.8, 4) is 0 Å². The zero-order valence-corrected chi connectivity index (χ0v) is 9.77. The predicted octanol–water partition coefficient (Wildman–Crippen LogP) is 2.66. The van der Waals surface area contributed by atoms with Gasteiger partial charge in [0.2, 0.25) is 0 Å². The molecule has 2 N–H and O–H groups in total. The second kappa shape index (κ2) is 4.39. The van der Waals surface area contributed by atoms with Crippen molar-refractivity contribution in [1.29, 1.82) is 0 Å². The van der Waals surface area contributed by atoms with Crippen molar-refractivity contribution in [2.75, 3.05) is 23.7 Å². The van der Waals surface area contributed by atoms with Crippen LogP contribution in [0.1, 0.15) is 13.8 Å². The molecule has 0 saturated carbocycles.